The lowest BCUT2D eigenvalue weighted by molar-refractivity contribution is -0.147. The number of amides is 1. The van der Waals surface area contributed by atoms with E-state index in [1.807, 2.05) is 0 Å². The summed E-state index contributed by atoms with van der Waals surface area (Å²) in [6.45, 7) is 5.17. The van der Waals surface area contributed by atoms with Gasteiger partial charge in [0.1, 0.15) is 5.54 Å². The van der Waals surface area contributed by atoms with Gasteiger partial charge in [-0.15, -0.1) is 0 Å². The minimum atomic E-state index is -1.16. The molecule has 3 fully saturated rings. The van der Waals surface area contributed by atoms with E-state index in [1.54, 1.807) is 13.8 Å². The zero-order valence-electron chi connectivity index (χ0n) is 12.8. The number of ether oxygens (including phenoxy) is 2. The van der Waals surface area contributed by atoms with E-state index in [2.05, 4.69) is 5.32 Å². The Labute approximate surface area is 127 Å². The fourth-order valence-corrected chi connectivity index (χ4v) is 4.27. The van der Waals surface area contributed by atoms with E-state index in [0.717, 1.165) is 0 Å². The molecule has 6 atom stereocenters. The first-order chi connectivity index (χ1) is 10.4. The number of hydrogen-bond donors (Lipinski definition) is 1. The first-order valence-electron chi connectivity index (χ1n) is 7.58. The van der Waals surface area contributed by atoms with Crippen molar-refractivity contribution in [2.24, 2.45) is 29.6 Å². The molecule has 120 valence electrons. The van der Waals surface area contributed by atoms with Gasteiger partial charge in [-0.2, -0.15) is 0 Å². The third-order valence-electron chi connectivity index (χ3n) is 4.95. The summed E-state index contributed by atoms with van der Waals surface area (Å²) >= 11 is 0. The number of nitrogens with one attached hydrogen (secondary N) is 1. The molecule has 0 spiro atoms. The van der Waals surface area contributed by atoms with Gasteiger partial charge in [0, 0.05) is 18.8 Å². The molecule has 3 rings (SSSR count). The monoisotopic (exact) mass is 309 g/mol. The van der Waals surface area contributed by atoms with Crippen LogP contribution in [0.15, 0.2) is 0 Å². The standard InChI is InChI=1S/C15H19NO6/c1-4-21-13(19)9-7-8(9)12(18)15(16-6(3)17)10(7)11(15)14(20)22-5-2/h7-11H,4-5H2,1-3H3,(H,16,17)/t7-,8+,9+,10+,11-,15-/m1/s1. The molecule has 0 aliphatic heterocycles. The lowest BCUT2D eigenvalue weighted by atomic mass is 10.0. The van der Waals surface area contributed by atoms with Crippen LogP contribution in [0.5, 0.6) is 0 Å². The molecule has 3 saturated carbocycles. The molecule has 0 unspecified atom stereocenters. The minimum Gasteiger partial charge on any atom is -0.466 e. The van der Waals surface area contributed by atoms with Crippen LogP contribution in [0.2, 0.25) is 0 Å². The van der Waals surface area contributed by atoms with Crippen LogP contribution in [0.3, 0.4) is 0 Å². The van der Waals surface area contributed by atoms with E-state index in [-0.39, 0.29) is 36.7 Å². The number of hydrogen-bond acceptors (Lipinski definition) is 6. The Balaban J connectivity index is 1.82. The van der Waals surface area contributed by atoms with Gasteiger partial charge in [-0.1, -0.05) is 0 Å². The summed E-state index contributed by atoms with van der Waals surface area (Å²) < 4.78 is 9.99. The highest BCUT2D eigenvalue weighted by molar-refractivity contribution is 6.11. The summed E-state index contributed by atoms with van der Waals surface area (Å²) in [5, 5.41) is 2.64. The van der Waals surface area contributed by atoms with Crippen molar-refractivity contribution in [3.63, 3.8) is 0 Å². The predicted molar refractivity (Wildman–Crippen MR) is 72.3 cm³/mol. The van der Waals surface area contributed by atoms with E-state index in [4.69, 9.17) is 9.47 Å². The van der Waals surface area contributed by atoms with E-state index in [0.29, 0.717) is 0 Å². The van der Waals surface area contributed by atoms with Gasteiger partial charge >= 0.3 is 11.9 Å². The van der Waals surface area contributed by atoms with Gasteiger partial charge < -0.3 is 14.8 Å². The molecule has 1 amide bonds. The molecule has 0 aromatic rings. The van der Waals surface area contributed by atoms with Gasteiger partial charge in [0.05, 0.1) is 25.0 Å². The molecule has 0 saturated heterocycles. The zero-order chi connectivity index (χ0) is 16.2. The smallest absolute Gasteiger partial charge is 0.312 e. The van der Waals surface area contributed by atoms with Crippen LogP contribution in [-0.2, 0) is 28.7 Å². The highest BCUT2D eigenvalue weighted by Crippen LogP contribution is 2.75. The van der Waals surface area contributed by atoms with Crippen LogP contribution in [0, 0.1) is 29.6 Å². The lowest BCUT2D eigenvalue weighted by Gasteiger charge is -2.16. The number of carbonyl (C=O) groups excluding carboxylic acids is 4. The summed E-state index contributed by atoms with van der Waals surface area (Å²) in [6, 6.07) is 0. The molecule has 3 aliphatic rings. The number of carbonyl (C=O) groups is 4. The topological polar surface area (TPSA) is 98.8 Å². The van der Waals surface area contributed by atoms with Crippen LogP contribution in [-0.4, -0.2) is 42.4 Å². The quantitative estimate of drug-likeness (QED) is 0.699. The maximum absolute atomic E-state index is 12.7. The second-order valence-electron chi connectivity index (χ2n) is 6.05. The fraction of sp³-hybridized carbons (Fsp3) is 0.733. The highest BCUT2D eigenvalue weighted by atomic mass is 16.5. The van der Waals surface area contributed by atoms with Crippen molar-refractivity contribution in [1.82, 2.24) is 5.32 Å². The number of Topliss-reactive ketones (excluding diaryl/α,β-unsaturated/α-hetero) is 1. The first kappa shape index (κ1) is 15.0. The molecule has 0 heterocycles. The average molecular weight is 309 g/mol. The Morgan fingerprint density at radius 3 is 2.27 bits per heavy atom. The molecular formula is C15H19NO6. The molecule has 0 aromatic heterocycles. The Hall–Kier alpha value is -1.92. The molecule has 3 aliphatic carbocycles. The van der Waals surface area contributed by atoms with Gasteiger partial charge in [-0.3, -0.25) is 19.2 Å². The SMILES string of the molecule is CCOC(=O)[C@@H]1[C@H]2C(=O)[C@@]3(NC(C)=O)[C@@H]([C@@H]12)[C@@H]3C(=O)OCC. The van der Waals surface area contributed by atoms with Crippen molar-refractivity contribution in [3.8, 4) is 0 Å². The Morgan fingerprint density at radius 2 is 1.73 bits per heavy atom. The molecule has 0 radical (unpaired) electrons. The van der Waals surface area contributed by atoms with Gasteiger partial charge in [0.15, 0.2) is 5.78 Å². The average Bonchev–Trinajstić information content (AvgIpc) is 3.27. The maximum Gasteiger partial charge on any atom is 0.312 e. The molecule has 0 aromatic carbocycles. The van der Waals surface area contributed by atoms with Gasteiger partial charge in [-0.05, 0) is 19.8 Å². The number of esters is 2. The summed E-state index contributed by atoms with van der Waals surface area (Å²) in [6.07, 6.45) is 0. The van der Waals surface area contributed by atoms with Crippen molar-refractivity contribution in [2.45, 2.75) is 26.3 Å². The van der Waals surface area contributed by atoms with Crippen molar-refractivity contribution in [1.29, 1.82) is 0 Å². The Kier molecular flexibility index (Phi) is 3.27. The van der Waals surface area contributed by atoms with E-state index >= 15 is 0 Å². The molecule has 7 heteroatoms. The van der Waals surface area contributed by atoms with Gasteiger partial charge in [0.25, 0.3) is 0 Å². The Bertz CT molecular complexity index is 572. The van der Waals surface area contributed by atoms with Crippen LogP contribution in [0.25, 0.3) is 0 Å². The zero-order valence-corrected chi connectivity index (χ0v) is 12.8. The number of ketones is 1. The van der Waals surface area contributed by atoms with Gasteiger partial charge in [0.2, 0.25) is 5.91 Å². The summed E-state index contributed by atoms with van der Waals surface area (Å²) in [5.41, 5.74) is -1.16. The summed E-state index contributed by atoms with van der Waals surface area (Å²) in [7, 11) is 0. The van der Waals surface area contributed by atoms with Crippen molar-refractivity contribution >= 4 is 23.6 Å². The van der Waals surface area contributed by atoms with Crippen LogP contribution in [0.4, 0.5) is 0 Å². The van der Waals surface area contributed by atoms with E-state index in [9.17, 15) is 19.2 Å². The maximum atomic E-state index is 12.7. The van der Waals surface area contributed by atoms with E-state index < -0.39 is 35.2 Å². The number of fused-ring (bicyclic) bond motifs is 3. The molecular weight excluding hydrogens is 290 g/mol. The largest absolute Gasteiger partial charge is 0.466 e. The molecule has 1 N–H and O–H groups in total. The predicted octanol–water partition coefficient (Wildman–Crippen LogP) is -0.322. The lowest BCUT2D eigenvalue weighted by Crippen LogP contribution is -2.46. The van der Waals surface area contributed by atoms with Crippen molar-refractivity contribution in [3.05, 3.63) is 0 Å². The molecule has 22 heavy (non-hydrogen) atoms. The van der Waals surface area contributed by atoms with Crippen molar-refractivity contribution in [2.75, 3.05) is 13.2 Å². The third-order valence-corrected chi connectivity index (χ3v) is 4.95. The minimum absolute atomic E-state index is 0.210. The van der Waals surface area contributed by atoms with Crippen molar-refractivity contribution < 1.29 is 28.7 Å². The second-order valence-corrected chi connectivity index (χ2v) is 6.05. The van der Waals surface area contributed by atoms with Crippen LogP contribution < -0.4 is 5.32 Å². The van der Waals surface area contributed by atoms with Gasteiger partial charge in [-0.25, -0.2) is 0 Å². The second kappa shape index (κ2) is 4.79. The Morgan fingerprint density at radius 1 is 1.14 bits per heavy atom. The summed E-state index contributed by atoms with van der Waals surface area (Å²) in [5.74, 6) is -3.60. The fourth-order valence-electron chi connectivity index (χ4n) is 4.27. The number of rotatable bonds is 5. The molecule has 7 nitrogen and oxygen atoms in total. The van der Waals surface area contributed by atoms with Crippen LogP contribution in [0.1, 0.15) is 20.8 Å². The normalized spacial score (nSPS) is 40.3. The highest BCUT2D eigenvalue weighted by Gasteiger charge is 2.90. The van der Waals surface area contributed by atoms with E-state index in [1.165, 1.54) is 6.92 Å². The van der Waals surface area contributed by atoms with Crippen LogP contribution >= 0.6 is 0 Å². The third kappa shape index (κ3) is 1.74. The first-order valence-corrected chi connectivity index (χ1v) is 7.58. The summed E-state index contributed by atoms with van der Waals surface area (Å²) in [4.78, 5) is 48.0. The molecule has 0 bridgehead atoms.